The Hall–Kier alpha value is -2.17. The van der Waals surface area contributed by atoms with E-state index in [4.69, 9.17) is 0 Å². The smallest absolute Gasteiger partial charge is 0.0609 e. The van der Waals surface area contributed by atoms with Crippen molar-refractivity contribution in [3.8, 4) is 0 Å². The molecule has 0 N–H and O–H groups in total. The van der Waals surface area contributed by atoms with E-state index in [0.29, 0.717) is 0 Å². The fourth-order valence-electron chi connectivity index (χ4n) is 2.59. The summed E-state index contributed by atoms with van der Waals surface area (Å²) in [7, 11) is 0. The summed E-state index contributed by atoms with van der Waals surface area (Å²) in [6.07, 6.45) is 7.45. The Labute approximate surface area is 93.5 Å². The molecule has 0 spiro atoms. The number of hydrogen-bond donors (Lipinski definition) is 0. The van der Waals surface area contributed by atoms with Crippen molar-refractivity contribution in [3.05, 3.63) is 59.3 Å². The van der Waals surface area contributed by atoms with Crippen LogP contribution in [0.25, 0.3) is 33.7 Å². The van der Waals surface area contributed by atoms with Gasteiger partial charge in [0.05, 0.1) is 17.0 Å². The Bertz CT molecular complexity index is 776. The third kappa shape index (κ3) is 0.875. The molecule has 72 valence electrons. The maximum Gasteiger partial charge on any atom is 0.156 e. The molecule has 0 saturated carbocycles. The van der Waals surface area contributed by atoms with Crippen molar-refractivity contribution in [2.45, 2.75) is 0 Å². The van der Waals surface area contributed by atoms with Gasteiger partial charge >= 0.3 is 0 Å². The molecule has 3 aromatic rings. The molecule has 0 heterocycles. The highest BCUT2D eigenvalue weighted by atomic mass is 14.1. The summed E-state index contributed by atoms with van der Waals surface area (Å²) in [6, 6.07) is 15.2. The van der Waals surface area contributed by atoms with Crippen LogP contribution >= 0.6 is 0 Å². The van der Waals surface area contributed by atoms with Crippen LogP contribution in [0.15, 0.2) is 48.5 Å². The predicted molar refractivity (Wildman–Crippen MR) is 69.1 cm³/mol. The van der Waals surface area contributed by atoms with Gasteiger partial charge in [0.1, 0.15) is 0 Å². The van der Waals surface area contributed by atoms with Gasteiger partial charge in [-0.05, 0) is 17.5 Å². The lowest BCUT2D eigenvalue weighted by Crippen LogP contribution is -2.05. The third-order valence-electron chi connectivity index (χ3n) is 3.31. The minimum atomic E-state index is 1.21. The summed E-state index contributed by atoms with van der Waals surface area (Å²) < 4.78 is 0. The van der Waals surface area contributed by atoms with E-state index in [2.05, 4.69) is 54.6 Å². The van der Waals surface area contributed by atoms with Crippen LogP contribution in [0.1, 0.15) is 5.56 Å². The number of allylic oxidation sites excluding steroid dienone is 1. The van der Waals surface area contributed by atoms with Crippen LogP contribution < -0.4 is 5.22 Å². The second-order valence-electron chi connectivity index (χ2n) is 4.20. The Kier molecular flexibility index (Phi) is 1.35. The van der Waals surface area contributed by atoms with E-state index in [1.165, 1.54) is 32.3 Å². The van der Waals surface area contributed by atoms with Gasteiger partial charge < -0.3 is 0 Å². The molecule has 0 aromatic heterocycles. The maximum absolute atomic E-state index is 3.31. The van der Waals surface area contributed by atoms with Crippen LogP contribution in [-0.4, -0.2) is 0 Å². The van der Waals surface area contributed by atoms with Crippen LogP contribution in [0.3, 0.4) is 0 Å². The molecule has 3 aromatic carbocycles. The third-order valence-corrected chi connectivity index (χ3v) is 3.31. The summed E-state index contributed by atoms with van der Waals surface area (Å²) in [5, 5.41) is 6.56. The van der Waals surface area contributed by atoms with Crippen LogP contribution in [-0.2, 0) is 0 Å². The van der Waals surface area contributed by atoms with Crippen molar-refractivity contribution in [1.29, 1.82) is 0 Å². The molecule has 0 amide bonds. The van der Waals surface area contributed by atoms with Gasteiger partial charge in [-0.15, -0.1) is 0 Å². The van der Waals surface area contributed by atoms with Crippen LogP contribution in [0.5, 0.6) is 0 Å². The van der Waals surface area contributed by atoms with Crippen molar-refractivity contribution in [1.82, 2.24) is 0 Å². The van der Waals surface area contributed by atoms with Crippen molar-refractivity contribution >= 4 is 33.7 Å². The quantitative estimate of drug-likeness (QED) is 0.489. The fraction of sp³-hybridized carbons (Fsp3) is 0. The summed E-state index contributed by atoms with van der Waals surface area (Å²) in [5.41, 5.74) is 1.30. The summed E-state index contributed by atoms with van der Waals surface area (Å²) in [6.45, 7) is 0. The molecule has 0 bridgehead atoms. The largest absolute Gasteiger partial charge is 0.156 e. The SMILES string of the molecule is [C+]1=c2ccc3cccc4ccc(c2c43)C=C1. The lowest BCUT2D eigenvalue weighted by atomic mass is 9.93. The molecular weight excluding hydrogens is 192 g/mol. The fourth-order valence-corrected chi connectivity index (χ4v) is 2.59. The molecule has 1 aliphatic rings. The average Bonchev–Trinajstić information content (AvgIpc) is 2.36. The average molecular weight is 201 g/mol. The molecule has 16 heavy (non-hydrogen) atoms. The van der Waals surface area contributed by atoms with Gasteiger partial charge in [0.25, 0.3) is 0 Å². The summed E-state index contributed by atoms with van der Waals surface area (Å²) >= 11 is 0. The Morgan fingerprint density at radius 3 is 2.44 bits per heavy atom. The zero-order valence-corrected chi connectivity index (χ0v) is 8.70. The number of rotatable bonds is 0. The first-order valence-electron chi connectivity index (χ1n) is 5.48. The predicted octanol–water partition coefficient (Wildman–Crippen LogP) is 3.40. The van der Waals surface area contributed by atoms with E-state index < -0.39 is 0 Å². The first-order valence-corrected chi connectivity index (χ1v) is 5.48. The van der Waals surface area contributed by atoms with Crippen LogP contribution in [0.4, 0.5) is 0 Å². The molecule has 1 aliphatic carbocycles. The van der Waals surface area contributed by atoms with Crippen LogP contribution in [0.2, 0.25) is 0 Å². The van der Waals surface area contributed by atoms with E-state index in [0.717, 1.165) is 0 Å². The highest BCUT2D eigenvalue weighted by Gasteiger charge is 2.14. The van der Waals surface area contributed by atoms with E-state index >= 15 is 0 Å². The minimum absolute atomic E-state index is 1.21. The molecular formula is C16H9+. The van der Waals surface area contributed by atoms with Gasteiger partial charge in [-0.2, -0.15) is 0 Å². The molecule has 0 unspecified atom stereocenters. The van der Waals surface area contributed by atoms with E-state index in [1.807, 2.05) is 6.08 Å². The van der Waals surface area contributed by atoms with Crippen molar-refractivity contribution in [3.63, 3.8) is 0 Å². The van der Waals surface area contributed by atoms with E-state index in [9.17, 15) is 0 Å². The maximum atomic E-state index is 3.31. The molecule has 0 fully saturated rings. The monoisotopic (exact) mass is 201 g/mol. The van der Waals surface area contributed by atoms with Gasteiger partial charge in [-0.25, -0.2) is 0 Å². The van der Waals surface area contributed by atoms with E-state index in [1.54, 1.807) is 0 Å². The minimum Gasteiger partial charge on any atom is -0.0609 e. The highest BCUT2D eigenvalue weighted by Crippen LogP contribution is 2.28. The van der Waals surface area contributed by atoms with Crippen molar-refractivity contribution in [2.24, 2.45) is 0 Å². The molecule has 0 nitrogen and oxygen atoms in total. The summed E-state index contributed by atoms with van der Waals surface area (Å²) in [5.74, 6) is 0. The van der Waals surface area contributed by atoms with Gasteiger partial charge in [0.2, 0.25) is 0 Å². The second kappa shape index (κ2) is 2.69. The normalized spacial score (nSPS) is 12.8. The molecule has 0 atom stereocenters. The van der Waals surface area contributed by atoms with E-state index in [-0.39, 0.29) is 0 Å². The molecule has 0 radical (unpaired) electrons. The lowest BCUT2D eigenvalue weighted by Gasteiger charge is -2.05. The molecule has 0 saturated heterocycles. The second-order valence-corrected chi connectivity index (χ2v) is 4.20. The van der Waals surface area contributed by atoms with Gasteiger partial charge in [0.15, 0.2) is 5.22 Å². The lowest BCUT2D eigenvalue weighted by molar-refractivity contribution is 1.66. The number of benzene rings is 3. The Balaban J connectivity index is 2.47. The van der Waals surface area contributed by atoms with Gasteiger partial charge in [-0.3, -0.25) is 0 Å². The summed E-state index contributed by atoms with van der Waals surface area (Å²) in [4.78, 5) is 0. The van der Waals surface area contributed by atoms with Gasteiger partial charge in [-0.1, -0.05) is 24.3 Å². The first-order chi connectivity index (χ1) is 7.93. The number of hydrogen-bond acceptors (Lipinski definition) is 0. The molecule has 4 rings (SSSR count). The van der Waals surface area contributed by atoms with Crippen molar-refractivity contribution in [2.75, 3.05) is 0 Å². The zero-order valence-electron chi connectivity index (χ0n) is 8.70. The Morgan fingerprint density at radius 2 is 1.56 bits per heavy atom. The van der Waals surface area contributed by atoms with Gasteiger partial charge in [0, 0.05) is 29.0 Å². The van der Waals surface area contributed by atoms with Crippen molar-refractivity contribution < 1.29 is 0 Å². The highest BCUT2D eigenvalue weighted by molar-refractivity contribution is 6.13. The topological polar surface area (TPSA) is 0 Å². The zero-order chi connectivity index (χ0) is 10.5. The molecule has 0 heteroatoms. The van der Waals surface area contributed by atoms with Crippen LogP contribution in [0, 0.1) is 0 Å². The standard InChI is InChI=1S/C16H9/c1-3-11-7-9-13-5-2-6-14-10-8-12(4-1)15(11)16(13)14/h1-5,7-10H/q+1. The Morgan fingerprint density at radius 1 is 0.750 bits per heavy atom. The molecule has 0 aliphatic heterocycles. The first kappa shape index (κ1) is 8.04.